The van der Waals surface area contributed by atoms with Crippen LogP contribution < -0.4 is 5.32 Å². The van der Waals surface area contributed by atoms with Crippen molar-refractivity contribution in [3.05, 3.63) is 60.2 Å². The molecule has 3 heteroatoms. The summed E-state index contributed by atoms with van der Waals surface area (Å²) in [5.41, 5.74) is 1.08. The molecule has 1 unspecified atom stereocenters. The molecule has 1 aromatic carbocycles. The van der Waals surface area contributed by atoms with Gasteiger partial charge in [-0.05, 0) is 19.4 Å². The first kappa shape index (κ1) is 15.2. The van der Waals surface area contributed by atoms with Crippen LogP contribution in [0, 0.1) is 0 Å². The quantitative estimate of drug-likeness (QED) is 0.608. The van der Waals surface area contributed by atoms with Crippen molar-refractivity contribution in [3.8, 4) is 0 Å². The minimum Gasteiger partial charge on any atom is -0.389 e. The van der Waals surface area contributed by atoms with E-state index in [4.69, 9.17) is 0 Å². The Balaban J connectivity index is 2.36. The van der Waals surface area contributed by atoms with E-state index >= 15 is 0 Å². The Morgan fingerprint density at radius 1 is 1.26 bits per heavy atom. The van der Waals surface area contributed by atoms with Gasteiger partial charge < -0.3 is 10.4 Å². The molecule has 0 fully saturated rings. The van der Waals surface area contributed by atoms with E-state index in [9.17, 15) is 9.90 Å². The van der Waals surface area contributed by atoms with Gasteiger partial charge in [0.15, 0.2) is 0 Å². The monoisotopic (exact) mass is 259 g/mol. The van der Waals surface area contributed by atoms with Gasteiger partial charge in [0.05, 0.1) is 6.10 Å². The molecule has 0 radical (unpaired) electrons. The summed E-state index contributed by atoms with van der Waals surface area (Å²) in [6.07, 6.45) is 6.47. The van der Waals surface area contributed by atoms with Crippen LogP contribution in [0.5, 0.6) is 0 Å². The lowest BCUT2D eigenvalue weighted by Gasteiger charge is -2.05. The molecule has 0 saturated heterocycles. The standard InChI is InChI=1S/C16H21NO2/c1-13(2)17-16(19)11-7-6-10-15(18)12-14-8-4-3-5-9-14/h3-11,13,15,18H,12H2,1-2H3,(H,17,19)/b10-6+,11-7+. The van der Waals surface area contributed by atoms with E-state index in [-0.39, 0.29) is 11.9 Å². The van der Waals surface area contributed by atoms with Gasteiger partial charge in [-0.25, -0.2) is 0 Å². The molecule has 0 aliphatic rings. The third-order valence-corrected chi connectivity index (χ3v) is 2.41. The molecule has 0 spiro atoms. The molecule has 0 aliphatic carbocycles. The van der Waals surface area contributed by atoms with Gasteiger partial charge in [0.25, 0.3) is 0 Å². The molecule has 3 nitrogen and oxygen atoms in total. The molecule has 2 N–H and O–H groups in total. The number of rotatable bonds is 6. The zero-order valence-corrected chi connectivity index (χ0v) is 11.4. The largest absolute Gasteiger partial charge is 0.389 e. The summed E-state index contributed by atoms with van der Waals surface area (Å²) in [7, 11) is 0. The average Bonchev–Trinajstić information content (AvgIpc) is 2.35. The summed E-state index contributed by atoms with van der Waals surface area (Å²) >= 11 is 0. The highest BCUT2D eigenvalue weighted by Crippen LogP contribution is 2.03. The topological polar surface area (TPSA) is 49.3 Å². The highest BCUT2D eigenvalue weighted by molar-refractivity contribution is 5.87. The fourth-order valence-corrected chi connectivity index (χ4v) is 1.59. The lowest BCUT2D eigenvalue weighted by molar-refractivity contribution is -0.116. The fourth-order valence-electron chi connectivity index (χ4n) is 1.59. The highest BCUT2D eigenvalue weighted by Gasteiger charge is 2.00. The summed E-state index contributed by atoms with van der Waals surface area (Å²) in [6, 6.07) is 9.92. The van der Waals surface area contributed by atoms with Crippen molar-refractivity contribution in [1.82, 2.24) is 5.32 Å². The van der Waals surface area contributed by atoms with Gasteiger partial charge in [-0.3, -0.25) is 4.79 Å². The zero-order valence-electron chi connectivity index (χ0n) is 11.4. The van der Waals surface area contributed by atoms with E-state index in [1.165, 1.54) is 6.08 Å². The summed E-state index contributed by atoms with van der Waals surface area (Å²) in [5, 5.41) is 12.5. The molecule has 1 aromatic rings. The van der Waals surface area contributed by atoms with Crippen LogP contribution in [0.15, 0.2) is 54.6 Å². The van der Waals surface area contributed by atoms with Gasteiger partial charge in [-0.15, -0.1) is 0 Å². The lowest BCUT2D eigenvalue weighted by Crippen LogP contribution is -2.28. The number of allylic oxidation sites excluding steroid dienone is 2. The number of carbonyl (C=O) groups excluding carboxylic acids is 1. The summed E-state index contributed by atoms with van der Waals surface area (Å²) in [5.74, 6) is -0.128. The van der Waals surface area contributed by atoms with Crippen LogP contribution in [0.25, 0.3) is 0 Å². The predicted molar refractivity (Wildman–Crippen MR) is 77.7 cm³/mol. The Morgan fingerprint density at radius 3 is 2.58 bits per heavy atom. The van der Waals surface area contributed by atoms with Crippen molar-refractivity contribution in [1.29, 1.82) is 0 Å². The molecular formula is C16H21NO2. The predicted octanol–water partition coefficient (Wildman–Crippen LogP) is 2.23. The maximum Gasteiger partial charge on any atom is 0.244 e. The second kappa shape index (κ2) is 8.27. The number of hydrogen-bond acceptors (Lipinski definition) is 2. The SMILES string of the molecule is CC(C)NC(=O)/C=C/C=C/C(O)Cc1ccccc1. The van der Waals surface area contributed by atoms with E-state index in [1.54, 1.807) is 18.2 Å². The zero-order chi connectivity index (χ0) is 14.1. The van der Waals surface area contributed by atoms with E-state index in [0.29, 0.717) is 6.42 Å². The normalized spacial score (nSPS) is 13.3. The molecule has 19 heavy (non-hydrogen) atoms. The molecule has 1 amide bonds. The number of hydrogen-bond donors (Lipinski definition) is 2. The molecule has 0 aromatic heterocycles. The molecule has 1 rings (SSSR count). The number of amides is 1. The number of aliphatic hydroxyl groups is 1. The van der Waals surface area contributed by atoms with Crippen LogP contribution in [0.3, 0.4) is 0 Å². The molecule has 0 aliphatic heterocycles. The van der Waals surface area contributed by atoms with Crippen LogP contribution >= 0.6 is 0 Å². The molecule has 1 atom stereocenters. The Bertz CT molecular complexity index is 435. The van der Waals surface area contributed by atoms with Gasteiger partial charge in [0, 0.05) is 18.5 Å². The number of carbonyl (C=O) groups is 1. The van der Waals surface area contributed by atoms with E-state index in [2.05, 4.69) is 5.32 Å². The average molecular weight is 259 g/mol. The first-order valence-electron chi connectivity index (χ1n) is 6.45. The van der Waals surface area contributed by atoms with Crippen molar-refractivity contribution in [3.63, 3.8) is 0 Å². The van der Waals surface area contributed by atoms with E-state index in [0.717, 1.165) is 5.56 Å². The van der Waals surface area contributed by atoms with Gasteiger partial charge >= 0.3 is 0 Å². The maximum atomic E-state index is 11.3. The molecule has 0 bridgehead atoms. The third kappa shape index (κ3) is 7.21. The van der Waals surface area contributed by atoms with Gasteiger partial charge in [-0.1, -0.05) is 48.6 Å². The smallest absolute Gasteiger partial charge is 0.244 e. The Kier molecular flexibility index (Phi) is 6.61. The minimum atomic E-state index is -0.541. The lowest BCUT2D eigenvalue weighted by atomic mass is 10.1. The van der Waals surface area contributed by atoms with E-state index in [1.807, 2.05) is 44.2 Å². The van der Waals surface area contributed by atoms with Crippen molar-refractivity contribution in [2.24, 2.45) is 0 Å². The summed E-state index contributed by atoms with van der Waals surface area (Å²) in [4.78, 5) is 11.3. The van der Waals surface area contributed by atoms with Crippen LogP contribution in [0.2, 0.25) is 0 Å². The van der Waals surface area contributed by atoms with Crippen molar-refractivity contribution in [2.45, 2.75) is 32.4 Å². The van der Waals surface area contributed by atoms with Crippen LogP contribution in [0.4, 0.5) is 0 Å². The van der Waals surface area contributed by atoms with Crippen molar-refractivity contribution in [2.75, 3.05) is 0 Å². The van der Waals surface area contributed by atoms with Crippen LogP contribution in [-0.4, -0.2) is 23.2 Å². The van der Waals surface area contributed by atoms with Crippen LogP contribution in [0.1, 0.15) is 19.4 Å². The fraction of sp³-hybridized carbons (Fsp3) is 0.312. The van der Waals surface area contributed by atoms with Crippen molar-refractivity contribution < 1.29 is 9.90 Å². The first-order chi connectivity index (χ1) is 9.08. The van der Waals surface area contributed by atoms with Crippen LogP contribution in [-0.2, 0) is 11.2 Å². The molecular weight excluding hydrogens is 238 g/mol. The van der Waals surface area contributed by atoms with Gasteiger partial charge in [0.1, 0.15) is 0 Å². The highest BCUT2D eigenvalue weighted by atomic mass is 16.3. The second-order valence-electron chi connectivity index (χ2n) is 4.66. The number of aliphatic hydroxyl groups excluding tert-OH is 1. The Labute approximate surface area is 114 Å². The van der Waals surface area contributed by atoms with Gasteiger partial charge in [-0.2, -0.15) is 0 Å². The Hall–Kier alpha value is -1.87. The third-order valence-electron chi connectivity index (χ3n) is 2.41. The second-order valence-corrected chi connectivity index (χ2v) is 4.66. The summed E-state index contributed by atoms with van der Waals surface area (Å²) in [6.45, 7) is 3.82. The van der Waals surface area contributed by atoms with Gasteiger partial charge in [0.2, 0.25) is 5.91 Å². The molecule has 0 heterocycles. The molecule has 102 valence electrons. The van der Waals surface area contributed by atoms with E-state index < -0.39 is 6.10 Å². The number of nitrogens with one attached hydrogen (secondary N) is 1. The molecule has 0 saturated carbocycles. The maximum absolute atomic E-state index is 11.3. The Morgan fingerprint density at radius 2 is 1.95 bits per heavy atom. The number of benzene rings is 1. The summed E-state index contributed by atoms with van der Waals surface area (Å²) < 4.78 is 0. The first-order valence-corrected chi connectivity index (χ1v) is 6.45. The van der Waals surface area contributed by atoms with Crippen molar-refractivity contribution >= 4 is 5.91 Å². The minimum absolute atomic E-state index is 0.128.